The molecule has 0 aromatic rings. The van der Waals surface area contributed by atoms with E-state index in [-0.39, 0.29) is 34.8 Å². The van der Waals surface area contributed by atoms with E-state index in [1.807, 2.05) is 6.92 Å². The van der Waals surface area contributed by atoms with Gasteiger partial charge >= 0.3 is 29.6 Å². The third kappa shape index (κ3) is 4.38. The van der Waals surface area contributed by atoms with Gasteiger partial charge in [-0.15, -0.1) is 7.43 Å². The van der Waals surface area contributed by atoms with Gasteiger partial charge < -0.3 is 9.29 Å². The van der Waals surface area contributed by atoms with Crippen LogP contribution in [0.4, 0.5) is 0 Å². The number of hydrogen-bond donors (Lipinski definition) is 0. The average molecular weight is 261 g/mol. The molecule has 1 atom stereocenters. The van der Waals surface area contributed by atoms with E-state index in [0.29, 0.717) is 25.5 Å². The Balaban J connectivity index is 0.00000169. The van der Waals surface area contributed by atoms with Crippen LogP contribution in [-0.4, -0.2) is 28.9 Å². The van der Waals surface area contributed by atoms with E-state index in [2.05, 4.69) is 4.99 Å². The zero-order valence-electron chi connectivity index (χ0n) is 8.39. The minimum Gasteiger partial charge on any atom is -0.790 e. The van der Waals surface area contributed by atoms with Crippen LogP contribution < -0.4 is 29.6 Å². The second-order valence-electron chi connectivity index (χ2n) is 2.84. The normalized spacial score (nSPS) is 18.0. The van der Waals surface area contributed by atoms with E-state index in [1.165, 1.54) is 0 Å². The van der Waals surface area contributed by atoms with Crippen molar-refractivity contribution in [2.45, 2.75) is 25.0 Å². The molecule has 76 valence electrons. The van der Waals surface area contributed by atoms with Crippen molar-refractivity contribution < 1.29 is 38.8 Å². The van der Waals surface area contributed by atoms with E-state index in [9.17, 15) is 4.55 Å². The Bertz CT molecular complexity index is 302. The summed E-state index contributed by atoms with van der Waals surface area (Å²) < 4.78 is 16.8. The van der Waals surface area contributed by atoms with Crippen LogP contribution >= 0.6 is 0 Å². The van der Waals surface area contributed by atoms with Crippen molar-refractivity contribution in [1.29, 1.82) is 0 Å². The Morgan fingerprint density at radius 3 is 2.64 bits per heavy atom. The summed E-state index contributed by atoms with van der Waals surface area (Å²) in [7, 11) is -2.65. The fraction of sp³-hybridized carbons (Fsp3) is 0.857. The van der Waals surface area contributed by atoms with Gasteiger partial charge in [0.05, 0.1) is 11.8 Å². The van der Waals surface area contributed by atoms with Gasteiger partial charge in [0.2, 0.25) is 0 Å². The minimum absolute atomic E-state index is 0. The standard InChI is InChI=1S/C7H13NO2S3.Na/c1-2-3-6(13(9,11)12)7-8-4-5-10-7;/h6H,2-5H2,1H3,(H,9,11,12);/q;+1/p-1. The van der Waals surface area contributed by atoms with Gasteiger partial charge in [0.25, 0.3) is 0 Å². The van der Waals surface area contributed by atoms with Crippen molar-refractivity contribution >= 4 is 35.7 Å². The molecule has 0 amide bonds. The predicted molar refractivity (Wildman–Crippen MR) is 59.8 cm³/mol. The average Bonchev–Trinajstić information content (AvgIpc) is 2.49. The van der Waals surface area contributed by atoms with E-state index in [1.54, 1.807) is 0 Å². The molecule has 0 N–H and O–H groups in total. The molecule has 0 saturated heterocycles. The Hall–Kier alpha value is 1.22. The van der Waals surface area contributed by atoms with Crippen molar-refractivity contribution in [1.82, 2.24) is 0 Å². The SMILES string of the molecule is CCCC(C1=NCCO1)S([O-])(=S)=S.[Na+]. The molecule has 0 aliphatic carbocycles. The molecule has 0 bridgehead atoms. The van der Waals surface area contributed by atoms with E-state index in [0.717, 1.165) is 6.42 Å². The second kappa shape index (κ2) is 6.73. The fourth-order valence-corrected chi connectivity index (χ4v) is 3.19. The van der Waals surface area contributed by atoms with Crippen LogP contribution in [0.2, 0.25) is 0 Å². The number of rotatable bonds is 4. The van der Waals surface area contributed by atoms with Crippen LogP contribution in [0.3, 0.4) is 0 Å². The smallest absolute Gasteiger partial charge is 0.790 e. The number of hydrogen-bond acceptors (Lipinski definition) is 5. The Morgan fingerprint density at radius 2 is 2.29 bits per heavy atom. The van der Waals surface area contributed by atoms with Crippen LogP contribution in [0.5, 0.6) is 0 Å². The molecule has 1 rings (SSSR count). The molecule has 0 radical (unpaired) electrons. The number of aliphatic imine (C=N–C) groups is 1. The monoisotopic (exact) mass is 261 g/mol. The van der Waals surface area contributed by atoms with Crippen LogP contribution in [0, 0.1) is 0 Å². The van der Waals surface area contributed by atoms with Gasteiger partial charge in [0, 0.05) is 0 Å². The maximum atomic E-state index is 11.5. The summed E-state index contributed by atoms with van der Waals surface area (Å²) in [6.45, 7) is 3.20. The third-order valence-electron chi connectivity index (χ3n) is 1.78. The topological polar surface area (TPSA) is 44.6 Å². The van der Waals surface area contributed by atoms with Crippen molar-refractivity contribution in [3.63, 3.8) is 0 Å². The fourth-order valence-electron chi connectivity index (χ4n) is 1.20. The molecule has 3 nitrogen and oxygen atoms in total. The summed E-state index contributed by atoms with van der Waals surface area (Å²) >= 11 is 9.58. The molecule has 0 aromatic heterocycles. The summed E-state index contributed by atoms with van der Waals surface area (Å²) in [5.41, 5.74) is 0. The van der Waals surface area contributed by atoms with Crippen molar-refractivity contribution in [3.8, 4) is 0 Å². The molecule has 14 heavy (non-hydrogen) atoms. The van der Waals surface area contributed by atoms with Gasteiger partial charge in [-0.3, -0.25) is 4.99 Å². The van der Waals surface area contributed by atoms with Gasteiger partial charge in [-0.25, -0.2) is 0 Å². The first-order valence-electron chi connectivity index (χ1n) is 4.17. The summed E-state index contributed by atoms with van der Waals surface area (Å²) in [5.74, 6) is 0.511. The molecule has 7 heteroatoms. The van der Waals surface area contributed by atoms with Gasteiger partial charge in [-0.05, 0) is 6.42 Å². The quantitative estimate of drug-likeness (QED) is 0.539. The van der Waals surface area contributed by atoms with E-state index >= 15 is 0 Å². The number of nitrogens with zero attached hydrogens (tertiary/aromatic N) is 1. The zero-order chi connectivity index (χ0) is 9.90. The molecule has 1 unspecified atom stereocenters. The van der Waals surface area contributed by atoms with Crippen LogP contribution in [0.25, 0.3) is 0 Å². The summed E-state index contributed by atoms with van der Waals surface area (Å²) in [5, 5.41) is -0.343. The van der Waals surface area contributed by atoms with E-state index in [4.69, 9.17) is 27.1 Å². The molecule has 1 aliphatic rings. The third-order valence-corrected chi connectivity index (χ3v) is 4.31. The molecular weight excluding hydrogens is 249 g/mol. The maximum Gasteiger partial charge on any atom is 1.00 e. The molecule has 0 fully saturated rings. The van der Waals surface area contributed by atoms with Crippen LogP contribution in [-0.2, 0) is 34.5 Å². The minimum atomic E-state index is -2.65. The molecule has 0 aromatic carbocycles. The Kier molecular flexibility index (Phi) is 7.31. The summed E-state index contributed by atoms with van der Waals surface area (Å²) in [6, 6.07) is 0. The van der Waals surface area contributed by atoms with Gasteiger partial charge in [0.1, 0.15) is 6.61 Å². The molecule has 1 aliphatic heterocycles. The predicted octanol–water partition coefficient (Wildman–Crippen LogP) is -2.20. The van der Waals surface area contributed by atoms with Gasteiger partial charge in [-0.1, -0.05) is 35.7 Å². The van der Waals surface area contributed by atoms with Gasteiger partial charge in [0.15, 0.2) is 5.90 Å². The maximum absolute atomic E-state index is 11.5. The summed E-state index contributed by atoms with van der Waals surface area (Å²) in [6.07, 6.45) is 1.59. The summed E-state index contributed by atoms with van der Waals surface area (Å²) in [4.78, 5) is 4.10. The van der Waals surface area contributed by atoms with Crippen molar-refractivity contribution in [2.75, 3.05) is 13.2 Å². The van der Waals surface area contributed by atoms with E-state index < -0.39 is 7.43 Å². The first-order chi connectivity index (χ1) is 6.05. The first kappa shape index (κ1) is 15.2. The first-order valence-corrected chi connectivity index (χ1v) is 7.64. The van der Waals surface area contributed by atoms with Gasteiger partial charge in [-0.2, -0.15) is 0 Å². The number of ether oxygens (including phenoxy) is 1. The van der Waals surface area contributed by atoms with Crippen molar-refractivity contribution in [2.24, 2.45) is 4.99 Å². The second-order valence-corrected chi connectivity index (χ2v) is 8.00. The Morgan fingerprint density at radius 1 is 1.64 bits per heavy atom. The molecular formula is C7H12NNaO2S3. The van der Waals surface area contributed by atoms with Crippen molar-refractivity contribution in [3.05, 3.63) is 0 Å². The molecule has 1 heterocycles. The zero-order valence-corrected chi connectivity index (χ0v) is 12.8. The molecule has 0 spiro atoms. The largest absolute Gasteiger partial charge is 1.00 e. The van der Waals surface area contributed by atoms with Crippen LogP contribution in [0.15, 0.2) is 4.99 Å². The Labute approximate surface area is 117 Å². The molecule has 0 saturated carbocycles. The van der Waals surface area contributed by atoms with Crippen LogP contribution in [0.1, 0.15) is 19.8 Å².